The molecule has 0 bridgehead atoms. The topological polar surface area (TPSA) is 175 Å². The maximum atomic E-state index is 15.1. The Morgan fingerprint density at radius 1 is 1.02 bits per heavy atom. The average Bonchev–Trinajstić information content (AvgIpc) is 3.88. The first-order valence-electron chi connectivity index (χ1n) is 19.5. The molecule has 2 aliphatic heterocycles. The largest absolute Gasteiger partial charge is 0.368 e. The fourth-order valence-electron chi connectivity index (χ4n) is 7.67. The maximum Gasteiger partial charge on any atom is 0.315 e. The predicted molar refractivity (Wildman–Crippen MR) is 215 cm³/mol. The molecule has 6 aromatic rings. The Kier molecular flexibility index (Phi) is 10.3. The standard InChI is InChI=1S/C43H45FN10O4/c1-24-18-27(7-10-29(24)25(2)48-40(57)41-51-42(52-58-41)43(3,4)5)37-32-20-35(49-38(32)47-23-46-37)34-12-8-28(21-45-34)54-16-14-53(15-17-54)22-26-6-9-30(33(44)19-26)31-11-13-36(55)50-39(31)56/h6-10,12,18-21,23,25,31H,11,13-17,22H2,1-5H3,(H,48,57)(H,46,47,49)(H,50,55,56). The van der Waals surface area contributed by atoms with Crippen LogP contribution in [0.4, 0.5) is 10.1 Å². The van der Waals surface area contributed by atoms with Crippen LogP contribution >= 0.6 is 0 Å². The number of nitrogens with one attached hydrogen (secondary N) is 3. The van der Waals surface area contributed by atoms with Crippen molar-refractivity contribution in [2.45, 2.75) is 71.4 Å². The second-order valence-electron chi connectivity index (χ2n) is 16.1. The van der Waals surface area contributed by atoms with Crippen molar-refractivity contribution in [1.29, 1.82) is 0 Å². The molecular weight excluding hydrogens is 740 g/mol. The summed E-state index contributed by atoms with van der Waals surface area (Å²) >= 11 is 0. The first kappa shape index (κ1) is 38.5. The summed E-state index contributed by atoms with van der Waals surface area (Å²) in [5.74, 6) is -1.82. The quantitative estimate of drug-likeness (QED) is 0.144. The van der Waals surface area contributed by atoms with Crippen LogP contribution in [0.1, 0.15) is 91.3 Å². The first-order chi connectivity index (χ1) is 27.8. The van der Waals surface area contributed by atoms with Gasteiger partial charge in [0.1, 0.15) is 17.8 Å². The summed E-state index contributed by atoms with van der Waals surface area (Å²) in [5, 5.41) is 10.1. The third-order valence-electron chi connectivity index (χ3n) is 10.9. The van der Waals surface area contributed by atoms with Crippen molar-refractivity contribution >= 4 is 34.4 Å². The molecule has 2 saturated heterocycles. The minimum atomic E-state index is -0.641. The van der Waals surface area contributed by atoms with Gasteiger partial charge < -0.3 is 19.7 Å². The van der Waals surface area contributed by atoms with Crippen LogP contribution in [0.15, 0.2) is 71.6 Å². The second-order valence-corrected chi connectivity index (χ2v) is 16.1. The van der Waals surface area contributed by atoms with E-state index in [-0.39, 0.29) is 29.7 Å². The van der Waals surface area contributed by atoms with Crippen molar-refractivity contribution < 1.29 is 23.3 Å². The number of H-pyrrole nitrogens is 1. The number of nitrogens with zero attached hydrogens (tertiary/aromatic N) is 7. The van der Waals surface area contributed by atoms with Crippen LogP contribution in [-0.4, -0.2) is 78.9 Å². The van der Waals surface area contributed by atoms with E-state index in [4.69, 9.17) is 9.51 Å². The second kappa shape index (κ2) is 15.5. The first-order valence-corrected chi connectivity index (χ1v) is 19.5. The molecule has 2 aliphatic rings. The molecule has 15 heteroatoms. The molecule has 298 valence electrons. The van der Waals surface area contributed by atoms with Crippen LogP contribution in [-0.2, 0) is 21.5 Å². The average molecular weight is 785 g/mol. The fourth-order valence-corrected chi connectivity index (χ4v) is 7.67. The Morgan fingerprint density at radius 3 is 2.52 bits per heavy atom. The minimum absolute atomic E-state index is 0.0643. The number of aryl methyl sites for hydroxylation is 1. The Hall–Kier alpha value is -6.35. The van der Waals surface area contributed by atoms with Gasteiger partial charge in [-0.25, -0.2) is 14.4 Å². The molecule has 8 rings (SSSR count). The number of carbonyl (C=O) groups excluding carboxylic acids is 3. The zero-order valence-corrected chi connectivity index (χ0v) is 33.1. The van der Waals surface area contributed by atoms with Crippen LogP contribution in [0.25, 0.3) is 33.7 Å². The monoisotopic (exact) mass is 784 g/mol. The van der Waals surface area contributed by atoms with Gasteiger partial charge in [0.15, 0.2) is 5.82 Å². The van der Waals surface area contributed by atoms with E-state index in [0.717, 1.165) is 76.6 Å². The summed E-state index contributed by atoms with van der Waals surface area (Å²) in [6.07, 6.45) is 3.96. The number of carbonyl (C=O) groups is 3. The zero-order valence-electron chi connectivity index (χ0n) is 33.1. The van der Waals surface area contributed by atoms with E-state index >= 15 is 4.39 Å². The van der Waals surface area contributed by atoms with Gasteiger partial charge in [0.05, 0.1) is 40.9 Å². The number of aromatic amines is 1. The highest BCUT2D eigenvalue weighted by Gasteiger charge is 2.30. The Bertz CT molecular complexity index is 2520. The van der Waals surface area contributed by atoms with Gasteiger partial charge in [-0.1, -0.05) is 50.2 Å². The van der Waals surface area contributed by atoms with Crippen LogP contribution in [0.5, 0.6) is 0 Å². The van der Waals surface area contributed by atoms with Gasteiger partial charge in [-0.05, 0) is 67.3 Å². The molecule has 2 fully saturated rings. The molecule has 6 heterocycles. The van der Waals surface area contributed by atoms with Gasteiger partial charge in [0.2, 0.25) is 11.8 Å². The highest BCUT2D eigenvalue weighted by atomic mass is 19.1. The molecule has 2 unspecified atom stereocenters. The van der Waals surface area contributed by atoms with E-state index in [2.05, 4.69) is 57.7 Å². The van der Waals surface area contributed by atoms with Crippen molar-refractivity contribution in [2.24, 2.45) is 0 Å². The number of halogens is 1. The zero-order chi connectivity index (χ0) is 40.7. The number of rotatable bonds is 9. The molecule has 3 amide bonds. The molecule has 58 heavy (non-hydrogen) atoms. The number of fused-ring (bicyclic) bond motifs is 1. The molecule has 0 aliphatic carbocycles. The number of pyridine rings is 1. The highest BCUT2D eigenvalue weighted by molar-refractivity contribution is 6.01. The Morgan fingerprint density at radius 2 is 1.83 bits per heavy atom. The molecule has 0 spiro atoms. The summed E-state index contributed by atoms with van der Waals surface area (Å²) in [6, 6.07) is 16.9. The van der Waals surface area contributed by atoms with E-state index in [1.165, 1.54) is 6.07 Å². The van der Waals surface area contributed by atoms with Gasteiger partial charge in [-0.3, -0.25) is 29.6 Å². The number of piperazine rings is 1. The SMILES string of the molecule is Cc1cc(-c2ncnc3[nH]c(-c4ccc(N5CCN(Cc6ccc(C7CCC(=O)NC7=O)c(F)c6)CC5)cn4)cc23)ccc1C(C)NC(=O)c1nc(C(C)(C)C)no1. The predicted octanol–water partition coefficient (Wildman–Crippen LogP) is 6.15. The van der Waals surface area contributed by atoms with Gasteiger partial charge in [-0.15, -0.1) is 0 Å². The van der Waals surface area contributed by atoms with Crippen molar-refractivity contribution in [3.63, 3.8) is 0 Å². The maximum absolute atomic E-state index is 15.1. The van der Waals surface area contributed by atoms with Crippen molar-refractivity contribution in [3.05, 3.63) is 107 Å². The highest BCUT2D eigenvalue weighted by Crippen LogP contribution is 2.33. The molecule has 14 nitrogen and oxygen atoms in total. The van der Waals surface area contributed by atoms with Crippen LogP contribution in [0.3, 0.4) is 0 Å². The number of imide groups is 1. The Labute approximate surface area is 334 Å². The lowest BCUT2D eigenvalue weighted by Gasteiger charge is -2.36. The number of aromatic nitrogens is 6. The van der Waals surface area contributed by atoms with E-state index in [9.17, 15) is 14.4 Å². The molecule has 0 saturated carbocycles. The van der Waals surface area contributed by atoms with Gasteiger partial charge in [0, 0.05) is 61.1 Å². The van der Waals surface area contributed by atoms with E-state index in [0.29, 0.717) is 30.0 Å². The minimum Gasteiger partial charge on any atom is -0.368 e. The van der Waals surface area contributed by atoms with Crippen molar-refractivity contribution in [1.82, 2.24) is 45.6 Å². The van der Waals surface area contributed by atoms with E-state index < -0.39 is 23.5 Å². The summed E-state index contributed by atoms with van der Waals surface area (Å²) in [6.45, 7) is 13.6. The number of hydrogen-bond donors (Lipinski definition) is 3. The molecular formula is C43H45FN10O4. The van der Waals surface area contributed by atoms with Crippen molar-refractivity contribution in [3.8, 4) is 22.6 Å². The van der Waals surface area contributed by atoms with E-state index in [1.807, 2.05) is 71.1 Å². The van der Waals surface area contributed by atoms with Crippen LogP contribution in [0.2, 0.25) is 0 Å². The summed E-state index contributed by atoms with van der Waals surface area (Å²) in [4.78, 5) is 62.9. The van der Waals surface area contributed by atoms with Gasteiger partial charge >= 0.3 is 11.8 Å². The Balaban J connectivity index is 0.893. The molecule has 3 N–H and O–H groups in total. The van der Waals surface area contributed by atoms with Gasteiger partial charge in [0.25, 0.3) is 0 Å². The summed E-state index contributed by atoms with van der Waals surface area (Å²) in [7, 11) is 0. The molecule has 2 aromatic carbocycles. The van der Waals surface area contributed by atoms with E-state index in [1.54, 1.807) is 12.4 Å². The van der Waals surface area contributed by atoms with Gasteiger partial charge in [-0.2, -0.15) is 4.98 Å². The lowest BCUT2D eigenvalue weighted by molar-refractivity contribution is -0.134. The number of piperidine rings is 1. The summed E-state index contributed by atoms with van der Waals surface area (Å²) < 4.78 is 20.3. The number of amides is 3. The van der Waals surface area contributed by atoms with Crippen molar-refractivity contribution in [2.75, 3.05) is 31.1 Å². The van der Waals surface area contributed by atoms with Crippen LogP contribution < -0.4 is 15.5 Å². The summed E-state index contributed by atoms with van der Waals surface area (Å²) in [5.41, 5.74) is 7.81. The van der Waals surface area contributed by atoms with Crippen LogP contribution in [0, 0.1) is 12.7 Å². The number of anilines is 1. The lowest BCUT2D eigenvalue weighted by Crippen LogP contribution is -2.46. The normalized spacial score (nSPS) is 17.1. The fraction of sp³-hybridized carbons (Fsp3) is 0.349. The molecule has 4 aromatic heterocycles. The molecule has 2 atom stereocenters. The third-order valence-corrected chi connectivity index (χ3v) is 10.9. The third kappa shape index (κ3) is 7.94. The number of benzene rings is 2. The number of hydrogen-bond acceptors (Lipinski definition) is 11. The molecule has 0 radical (unpaired) electrons. The lowest BCUT2D eigenvalue weighted by atomic mass is 9.89. The smallest absolute Gasteiger partial charge is 0.315 e.